The second-order valence-corrected chi connectivity index (χ2v) is 6.35. The third kappa shape index (κ3) is 5.46. The normalized spacial score (nSPS) is 16.1. The zero-order valence-electron chi connectivity index (χ0n) is 14.4. The number of carbonyl (C=O) groups excluding carboxylic acids is 1. The second kappa shape index (κ2) is 9.59. The number of urea groups is 1. The van der Waals surface area contributed by atoms with Crippen molar-refractivity contribution < 1.29 is 14.3 Å². The average Bonchev–Trinajstić information content (AvgIpc) is 3.10. The van der Waals surface area contributed by atoms with Gasteiger partial charge in [0.05, 0.1) is 13.2 Å². The second-order valence-electron chi connectivity index (χ2n) is 6.35. The van der Waals surface area contributed by atoms with Crippen LogP contribution in [-0.2, 0) is 6.54 Å². The van der Waals surface area contributed by atoms with Crippen molar-refractivity contribution in [1.82, 2.24) is 15.1 Å². The van der Waals surface area contributed by atoms with Gasteiger partial charge in [0.25, 0.3) is 0 Å². The molecule has 2 amide bonds. The Morgan fingerprint density at radius 2 is 2.08 bits per heavy atom. The van der Waals surface area contributed by atoms with Crippen molar-refractivity contribution in [3.05, 3.63) is 35.6 Å². The van der Waals surface area contributed by atoms with Crippen LogP contribution in [0.2, 0.25) is 0 Å². The van der Waals surface area contributed by atoms with E-state index in [1.807, 2.05) is 0 Å². The number of likely N-dealkylation sites (tertiary alicyclic amines) is 1. The van der Waals surface area contributed by atoms with Crippen LogP contribution in [0.4, 0.5) is 9.18 Å². The monoisotopic (exact) mass is 337 g/mol. The molecule has 1 aromatic rings. The molecule has 1 fully saturated rings. The minimum atomic E-state index is -0.337. The lowest BCUT2D eigenvalue weighted by molar-refractivity contribution is 0.171. The third-order valence-electron chi connectivity index (χ3n) is 4.58. The number of hydrogen-bond acceptors (Lipinski definition) is 3. The van der Waals surface area contributed by atoms with Crippen molar-refractivity contribution in [3.63, 3.8) is 0 Å². The number of hydrogen-bond donors (Lipinski definition) is 2. The molecule has 5 nitrogen and oxygen atoms in total. The summed E-state index contributed by atoms with van der Waals surface area (Å²) in [6.07, 6.45) is 3.39. The highest BCUT2D eigenvalue weighted by Gasteiger charge is 2.19. The molecule has 0 bridgehead atoms. The fraction of sp³-hybridized carbons (Fsp3) is 0.611. The van der Waals surface area contributed by atoms with E-state index in [2.05, 4.69) is 17.1 Å². The number of amides is 2. The molecule has 6 heteroatoms. The van der Waals surface area contributed by atoms with Gasteiger partial charge in [-0.15, -0.1) is 0 Å². The molecule has 1 saturated heterocycles. The van der Waals surface area contributed by atoms with E-state index in [0.717, 1.165) is 19.5 Å². The van der Waals surface area contributed by atoms with Gasteiger partial charge in [-0.3, -0.25) is 0 Å². The van der Waals surface area contributed by atoms with Gasteiger partial charge in [-0.25, -0.2) is 9.18 Å². The van der Waals surface area contributed by atoms with E-state index in [-0.39, 0.29) is 31.5 Å². The van der Waals surface area contributed by atoms with Gasteiger partial charge in [-0.05, 0) is 45.3 Å². The highest BCUT2D eigenvalue weighted by Crippen LogP contribution is 2.13. The Kier molecular flexibility index (Phi) is 7.46. The molecule has 1 aliphatic heterocycles. The highest BCUT2D eigenvalue weighted by molar-refractivity contribution is 5.74. The summed E-state index contributed by atoms with van der Waals surface area (Å²) in [5.74, 6) is -0.337. The summed E-state index contributed by atoms with van der Waals surface area (Å²) in [7, 11) is 0. The first-order chi connectivity index (χ1) is 11.6. The van der Waals surface area contributed by atoms with Crippen LogP contribution < -0.4 is 5.32 Å². The van der Waals surface area contributed by atoms with Crippen molar-refractivity contribution >= 4 is 6.03 Å². The molecule has 1 atom stereocenters. The van der Waals surface area contributed by atoms with Crippen LogP contribution in [0.1, 0.15) is 31.7 Å². The minimum absolute atomic E-state index is 0.147. The number of aliphatic hydroxyl groups is 1. The molecule has 0 aromatic heterocycles. The van der Waals surface area contributed by atoms with E-state index in [4.69, 9.17) is 5.11 Å². The highest BCUT2D eigenvalue weighted by atomic mass is 19.1. The summed E-state index contributed by atoms with van der Waals surface area (Å²) in [6, 6.07) is 6.58. The van der Waals surface area contributed by atoms with Crippen molar-refractivity contribution in [3.8, 4) is 0 Å². The van der Waals surface area contributed by atoms with Gasteiger partial charge in [0, 0.05) is 24.7 Å². The van der Waals surface area contributed by atoms with E-state index in [0.29, 0.717) is 18.2 Å². The molecule has 24 heavy (non-hydrogen) atoms. The van der Waals surface area contributed by atoms with Crippen LogP contribution in [0.5, 0.6) is 0 Å². The molecule has 0 radical (unpaired) electrons. The zero-order valence-corrected chi connectivity index (χ0v) is 14.4. The lowest BCUT2D eigenvalue weighted by atomic mass is 10.2. The molecule has 2 N–H and O–H groups in total. The predicted octanol–water partition coefficient (Wildman–Crippen LogP) is 2.20. The first kappa shape index (κ1) is 18.7. The standard InChI is InChI=1S/C18H28FN3O2/c1-15(21-10-4-5-11-21)8-9-20-18(24)22(12-13-23)14-16-6-2-3-7-17(16)19/h2-3,6-7,15,23H,4-5,8-14H2,1H3,(H,20,24)/t15-/m0/s1. The number of rotatable bonds is 8. The maximum absolute atomic E-state index is 13.8. The molecule has 1 aliphatic rings. The number of halogens is 1. The Morgan fingerprint density at radius 1 is 1.38 bits per heavy atom. The van der Waals surface area contributed by atoms with Crippen molar-refractivity contribution in [2.24, 2.45) is 0 Å². The Balaban J connectivity index is 1.81. The number of benzene rings is 1. The molecule has 0 spiro atoms. The summed E-state index contributed by atoms with van der Waals surface area (Å²) in [5.41, 5.74) is 0.450. The Labute approximate surface area is 143 Å². The van der Waals surface area contributed by atoms with Gasteiger partial charge < -0.3 is 20.2 Å². The summed E-state index contributed by atoms with van der Waals surface area (Å²) in [6.45, 7) is 5.23. The van der Waals surface area contributed by atoms with Gasteiger partial charge >= 0.3 is 6.03 Å². The lowest BCUT2D eigenvalue weighted by Gasteiger charge is -2.25. The van der Waals surface area contributed by atoms with Crippen LogP contribution >= 0.6 is 0 Å². The van der Waals surface area contributed by atoms with Crippen LogP contribution in [-0.4, -0.2) is 59.8 Å². The van der Waals surface area contributed by atoms with Gasteiger partial charge in [-0.2, -0.15) is 0 Å². The molecule has 0 unspecified atom stereocenters. The molecule has 0 saturated carbocycles. The number of carbonyl (C=O) groups is 1. The molecule has 0 aliphatic carbocycles. The summed E-state index contributed by atoms with van der Waals surface area (Å²) < 4.78 is 13.8. The van der Waals surface area contributed by atoms with Crippen LogP contribution in [0, 0.1) is 5.82 Å². The first-order valence-corrected chi connectivity index (χ1v) is 8.73. The average molecular weight is 337 g/mol. The Bertz CT molecular complexity index is 521. The first-order valence-electron chi connectivity index (χ1n) is 8.73. The van der Waals surface area contributed by atoms with Crippen molar-refractivity contribution in [2.45, 2.75) is 38.8 Å². The molecule has 2 rings (SSSR count). The molecule has 1 aromatic carbocycles. The smallest absolute Gasteiger partial charge is 0.317 e. The quantitative estimate of drug-likeness (QED) is 0.765. The van der Waals surface area contributed by atoms with Crippen LogP contribution in [0.3, 0.4) is 0 Å². The molecule has 1 heterocycles. The summed E-state index contributed by atoms with van der Waals surface area (Å²) in [4.78, 5) is 16.2. The topological polar surface area (TPSA) is 55.8 Å². The van der Waals surface area contributed by atoms with E-state index < -0.39 is 0 Å². The van der Waals surface area contributed by atoms with E-state index in [9.17, 15) is 9.18 Å². The fourth-order valence-electron chi connectivity index (χ4n) is 3.07. The Morgan fingerprint density at radius 3 is 2.75 bits per heavy atom. The van der Waals surface area contributed by atoms with Crippen LogP contribution in [0.25, 0.3) is 0 Å². The minimum Gasteiger partial charge on any atom is -0.395 e. The zero-order chi connectivity index (χ0) is 17.4. The van der Waals surface area contributed by atoms with Gasteiger partial charge in [0.1, 0.15) is 5.82 Å². The van der Waals surface area contributed by atoms with Crippen molar-refractivity contribution in [1.29, 1.82) is 0 Å². The van der Waals surface area contributed by atoms with E-state index >= 15 is 0 Å². The molecular weight excluding hydrogens is 309 g/mol. The largest absolute Gasteiger partial charge is 0.395 e. The lowest BCUT2D eigenvalue weighted by Crippen LogP contribution is -2.43. The number of nitrogens with one attached hydrogen (secondary N) is 1. The van der Waals surface area contributed by atoms with E-state index in [1.165, 1.54) is 23.8 Å². The fourth-order valence-corrected chi connectivity index (χ4v) is 3.07. The molecule has 134 valence electrons. The third-order valence-corrected chi connectivity index (χ3v) is 4.58. The predicted molar refractivity (Wildman–Crippen MR) is 92.2 cm³/mol. The Hall–Kier alpha value is -1.66. The number of aliphatic hydroxyl groups excluding tert-OH is 1. The molecular formula is C18H28FN3O2. The van der Waals surface area contributed by atoms with Gasteiger partial charge in [0.15, 0.2) is 0 Å². The summed E-state index contributed by atoms with van der Waals surface area (Å²) >= 11 is 0. The van der Waals surface area contributed by atoms with E-state index in [1.54, 1.807) is 18.2 Å². The maximum atomic E-state index is 13.8. The van der Waals surface area contributed by atoms with Crippen molar-refractivity contribution in [2.75, 3.05) is 32.8 Å². The van der Waals surface area contributed by atoms with Gasteiger partial charge in [-0.1, -0.05) is 18.2 Å². The number of nitrogens with zero attached hydrogens (tertiary/aromatic N) is 2. The summed E-state index contributed by atoms with van der Waals surface area (Å²) in [5, 5.41) is 12.1. The van der Waals surface area contributed by atoms with Crippen LogP contribution in [0.15, 0.2) is 24.3 Å². The maximum Gasteiger partial charge on any atom is 0.317 e. The van der Waals surface area contributed by atoms with Gasteiger partial charge in [0.2, 0.25) is 0 Å². The SMILES string of the molecule is C[C@@H](CCNC(=O)N(CCO)Cc1ccccc1F)N1CCCC1.